The molecular weight excluding hydrogens is 214 g/mol. The second kappa shape index (κ2) is 4.35. The average molecular weight is 233 g/mol. The van der Waals surface area contributed by atoms with E-state index in [4.69, 9.17) is 0 Å². The van der Waals surface area contributed by atoms with Gasteiger partial charge in [0, 0.05) is 37.2 Å². The summed E-state index contributed by atoms with van der Waals surface area (Å²) in [5.41, 5.74) is 1.45. The van der Waals surface area contributed by atoms with Gasteiger partial charge in [-0.05, 0) is 32.8 Å². The van der Waals surface area contributed by atoms with Crippen LogP contribution < -0.4 is 5.32 Å². The average Bonchev–Trinajstić information content (AvgIpc) is 2.68. The summed E-state index contributed by atoms with van der Waals surface area (Å²) in [4.78, 5) is 18.5. The highest BCUT2D eigenvalue weighted by atomic mass is 16.2. The first-order chi connectivity index (χ1) is 8.06. The van der Waals surface area contributed by atoms with Gasteiger partial charge < -0.3 is 10.2 Å². The third-order valence-electron chi connectivity index (χ3n) is 3.47. The van der Waals surface area contributed by atoms with Gasteiger partial charge in [0.25, 0.3) is 5.91 Å². The Morgan fingerprint density at radius 2 is 2.29 bits per heavy atom. The van der Waals surface area contributed by atoms with Gasteiger partial charge in [-0.3, -0.25) is 9.78 Å². The number of hydrogen-bond acceptors (Lipinski definition) is 3. The molecule has 1 saturated heterocycles. The fraction of sp³-hybridized carbons (Fsp3) is 0.538. The summed E-state index contributed by atoms with van der Waals surface area (Å²) in [5, 5.41) is 3.04. The molecule has 0 aliphatic carbocycles. The summed E-state index contributed by atoms with van der Waals surface area (Å²) in [6.45, 7) is 5.07. The number of rotatable bonds is 2. The van der Waals surface area contributed by atoms with Gasteiger partial charge in [0.1, 0.15) is 0 Å². The van der Waals surface area contributed by atoms with Crippen molar-refractivity contribution < 1.29 is 4.79 Å². The van der Waals surface area contributed by atoms with E-state index in [1.165, 1.54) is 0 Å². The third kappa shape index (κ3) is 2.12. The maximum atomic E-state index is 12.5. The number of nitrogens with zero attached hydrogens (tertiary/aromatic N) is 2. The molecule has 1 amide bonds. The van der Waals surface area contributed by atoms with Gasteiger partial charge in [-0.15, -0.1) is 0 Å². The molecule has 0 spiro atoms. The summed E-state index contributed by atoms with van der Waals surface area (Å²) in [5.74, 6) is 0.0740. The molecule has 1 aromatic heterocycles. The fourth-order valence-electron chi connectivity index (χ4n) is 2.41. The van der Waals surface area contributed by atoms with Gasteiger partial charge in [0.15, 0.2) is 0 Å². The number of pyridine rings is 1. The van der Waals surface area contributed by atoms with Gasteiger partial charge in [-0.2, -0.15) is 0 Å². The lowest BCUT2D eigenvalue weighted by Crippen LogP contribution is -2.42. The van der Waals surface area contributed by atoms with Crippen LogP contribution in [0.15, 0.2) is 18.5 Å². The molecule has 0 aromatic carbocycles. The van der Waals surface area contributed by atoms with Gasteiger partial charge in [0.2, 0.25) is 0 Å². The fourth-order valence-corrected chi connectivity index (χ4v) is 2.41. The molecule has 0 saturated carbocycles. The van der Waals surface area contributed by atoms with Crippen LogP contribution in [0.25, 0.3) is 0 Å². The molecule has 1 aromatic rings. The molecule has 0 unspecified atom stereocenters. The van der Waals surface area contributed by atoms with Crippen molar-refractivity contribution in [2.45, 2.75) is 32.2 Å². The van der Waals surface area contributed by atoms with Gasteiger partial charge in [-0.25, -0.2) is 0 Å². The molecule has 17 heavy (non-hydrogen) atoms. The van der Waals surface area contributed by atoms with Crippen molar-refractivity contribution in [2.24, 2.45) is 0 Å². The molecule has 1 aliphatic heterocycles. The molecule has 4 nitrogen and oxygen atoms in total. The van der Waals surface area contributed by atoms with E-state index in [1.54, 1.807) is 12.4 Å². The first-order valence-electron chi connectivity index (χ1n) is 6.00. The highest BCUT2D eigenvalue weighted by Crippen LogP contribution is 2.30. The maximum absolute atomic E-state index is 12.5. The molecular formula is C13H19N3O. The van der Waals surface area contributed by atoms with Crippen LogP contribution in [0.1, 0.15) is 37.0 Å². The Balaban J connectivity index is 2.31. The third-order valence-corrected chi connectivity index (χ3v) is 3.47. The van der Waals surface area contributed by atoms with Crippen LogP contribution in [0, 0.1) is 0 Å². The van der Waals surface area contributed by atoms with Crippen LogP contribution in [-0.2, 0) is 0 Å². The summed E-state index contributed by atoms with van der Waals surface area (Å²) in [6, 6.07) is 1.83. The Morgan fingerprint density at radius 3 is 2.88 bits per heavy atom. The highest BCUT2D eigenvalue weighted by molar-refractivity contribution is 5.99. The van der Waals surface area contributed by atoms with Crippen molar-refractivity contribution in [3.63, 3.8) is 0 Å². The van der Waals surface area contributed by atoms with E-state index in [2.05, 4.69) is 24.1 Å². The van der Waals surface area contributed by atoms with Crippen LogP contribution in [0.5, 0.6) is 0 Å². The van der Waals surface area contributed by atoms with Crippen molar-refractivity contribution in [3.05, 3.63) is 24.0 Å². The molecule has 4 heteroatoms. The Morgan fingerprint density at radius 1 is 1.53 bits per heavy atom. The second-order valence-electron chi connectivity index (χ2n) is 5.04. The Bertz CT molecular complexity index is 428. The van der Waals surface area contributed by atoms with Crippen molar-refractivity contribution in [2.75, 3.05) is 18.9 Å². The van der Waals surface area contributed by atoms with Crippen LogP contribution in [-0.4, -0.2) is 34.9 Å². The van der Waals surface area contributed by atoms with E-state index in [9.17, 15) is 4.79 Å². The number of amides is 1. The predicted octanol–water partition coefficient (Wildman–Crippen LogP) is 2.14. The molecule has 0 bridgehead atoms. The number of likely N-dealkylation sites (tertiary alicyclic amines) is 1. The minimum absolute atomic E-state index is 0.0437. The van der Waals surface area contributed by atoms with Gasteiger partial charge >= 0.3 is 0 Å². The zero-order valence-electron chi connectivity index (χ0n) is 10.7. The second-order valence-corrected chi connectivity index (χ2v) is 5.04. The molecule has 1 aliphatic rings. The van der Waals surface area contributed by atoms with E-state index in [0.717, 1.165) is 25.1 Å². The Labute approximate surface area is 102 Å². The number of aromatic nitrogens is 1. The summed E-state index contributed by atoms with van der Waals surface area (Å²) < 4.78 is 0. The molecule has 0 atom stereocenters. The number of hydrogen-bond donors (Lipinski definition) is 1. The number of nitrogens with one attached hydrogen (secondary N) is 1. The maximum Gasteiger partial charge on any atom is 0.257 e. The lowest BCUT2D eigenvalue weighted by Gasteiger charge is -2.32. The number of carbonyl (C=O) groups is 1. The number of carbonyl (C=O) groups excluding carboxylic acids is 1. The van der Waals surface area contributed by atoms with Crippen molar-refractivity contribution in [1.29, 1.82) is 0 Å². The highest BCUT2D eigenvalue weighted by Gasteiger charge is 2.36. The van der Waals surface area contributed by atoms with Crippen molar-refractivity contribution >= 4 is 11.6 Å². The van der Waals surface area contributed by atoms with Crippen molar-refractivity contribution in [3.8, 4) is 0 Å². The zero-order chi connectivity index (χ0) is 12.5. The van der Waals surface area contributed by atoms with Gasteiger partial charge in [0.05, 0.1) is 5.56 Å². The lowest BCUT2D eigenvalue weighted by atomic mass is 10.0. The predicted molar refractivity (Wildman–Crippen MR) is 68.1 cm³/mol. The first kappa shape index (κ1) is 11.9. The van der Waals surface area contributed by atoms with Crippen LogP contribution >= 0.6 is 0 Å². The first-order valence-corrected chi connectivity index (χ1v) is 6.00. The molecule has 2 heterocycles. The Hall–Kier alpha value is -1.58. The monoisotopic (exact) mass is 233 g/mol. The standard InChI is InChI=1S/C13H19N3O/c1-13(2)6-4-8-16(13)12(17)10-9-15-7-5-11(10)14-3/h5,7,9H,4,6,8H2,1-3H3,(H,14,15). The molecule has 2 rings (SSSR count). The van der Waals surface area contributed by atoms with Crippen LogP contribution in [0.2, 0.25) is 0 Å². The smallest absolute Gasteiger partial charge is 0.257 e. The van der Waals surface area contributed by atoms with E-state index in [0.29, 0.717) is 5.56 Å². The van der Waals surface area contributed by atoms with E-state index < -0.39 is 0 Å². The number of anilines is 1. The summed E-state index contributed by atoms with van der Waals surface area (Å²) in [7, 11) is 1.82. The molecule has 92 valence electrons. The normalized spacial score (nSPS) is 18.2. The largest absolute Gasteiger partial charge is 0.387 e. The molecule has 0 radical (unpaired) electrons. The van der Waals surface area contributed by atoms with E-state index >= 15 is 0 Å². The minimum Gasteiger partial charge on any atom is -0.387 e. The molecule has 1 N–H and O–H groups in total. The zero-order valence-corrected chi connectivity index (χ0v) is 10.7. The van der Waals surface area contributed by atoms with E-state index in [1.807, 2.05) is 18.0 Å². The SMILES string of the molecule is CNc1ccncc1C(=O)N1CCCC1(C)C. The lowest BCUT2D eigenvalue weighted by molar-refractivity contribution is 0.0652. The minimum atomic E-state index is -0.0437. The molecule has 1 fully saturated rings. The van der Waals surface area contributed by atoms with E-state index in [-0.39, 0.29) is 11.4 Å². The summed E-state index contributed by atoms with van der Waals surface area (Å²) in [6.07, 6.45) is 5.47. The van der Waals surface area contributed by atoms with Crippen LogP contribution in [0.4, 0.5) is 5.69 Å². The van der Waals surface area contributed by atoms with Gasteiger partial charge in [-0.1, -0.05) is 0 Å². The summed E-state index contributed by atoms with van der Waals surface area (Å²) >= 11 is 0. The topological polar surface area (TPSA) is 45.2 Å². The quantitative estimate of drug-likeness (QED) is 0.851. The Kier molecular flexibility index (Phi) is 3.05. The van der Waals surface area contributed by atoms with Crippen molar-refractivity contribution in [1.82, 2.24) is 9.88 Å². The van der Waals surface area contributed by atoms with Crippen LogP contribution in [0.3, 0.4) is 0 Å².